The molecule has 0 fully saturated rings. The average molecular weight is 1260 g/mol. The topological polar surface area (TPSA) is 95.9 Å². The zero-order valence-electron chi connectivity index (χ0n) is 60.9. The molecule has 0 aliphatic carbocycles. The number of aliphatic hydroxyl groups excluding tert-OH is 2. The van der Waals surface area contributed by atoms with Gasteiger partial charge in [-0.15, -0.1) is 0 Å². The highest BCUT2D eigenvalue weighted by Crippen LogP contribution is 2.20. The fraction of sp³-hybridized carbons (Fsp3) is 0.881. The smallest absolute Gasteiger partial charge is 0.305 e. The zero-order valence-corrected chi connectivity index (χ0v) is 60.9. The Balaban J connectivity index is 3.39. The Kier molecular flexibility index (Phi) is 77.3. The van der Waals surface area contributed by atoms with Crippen LogP contribution >= 0.6 is 0 Å². The van der Waals surface area contributed by atoms with Crippen molar-refractivity contribution in [3.05, 3.63) is 48.6 Å². The number of nitrogens with one attached hydrogen (secondary N) is 1. The number of hydrogen-bond acceptors (Lipinski definition) is 5. The molecule has 0 aromatic rings. The summed E-state index contributed by atoms with van der Waals surface area (Å²) in [6.07, 6.45) is 105. The summed E-state index contributed by atoms with van der Waals surface area (Å²) in [7, 11) is 0. The molecule has 6 heteroatoms. The number of hydrogen-bond donors (Lipinski definition) is 3. The lowest BCUT2D eigenvalue weighted by Crippen LogP contribution is -2.45. The Morgan fingerprint density at radius 1 is 0.311 bits per heavy atom. The quantitative estimate of drug-likeness (QED) is 0.0320. The van der Waals surface area contributed by atoms with E-state index in [-0.39, 0.29) is 18.5 Å². The number of carbonyl (C=O) groups excluding carboxylic acids is 2. The van der Waals surface area contributed by atoms with E-state index in [1.165, 1.54) is 372 Å². The Morgan fingerprint density at radius 3 is 0.878 bits per heavy atom. The monoisotopic (exact) mass is 1260 g/mol. The number of rotatable bonds is 77. The second-order valence-corrected chi connectivity index (χ2v) is 28.1. The van der Waals surface area contributed by atoms with Crippen molar-refractivity contribution < 1.29 is 24.5 Å². The number of aliphatic hydroxyl groups is 2. The number of ether oxygens (including phenoxy) is 1. The van der Waals surface area contributed by atoms with Crippen LogP contribution in [0.2, 0.25) is 0 Å². The van der Waals surface area contributed by atoms with Crippen LogP contribution in [-0.4, -0.2) is 47.4 Å². The first-order valence-corrected chi connectivity index (χ1v) is 40.9. The van der Waals surface area contributed by atoms with Gasteiger partial charge in [0.25, 0.3) is 0 Å². The molecule has 530 valence electrons. The molecule has 0 aromatic carbocycles. The molecular formula is C84H159NO5. The highest BCUT2D eigenvalue weighted by atomic mass is 16.5. The number of amides is 1. The molecule has 90 heavy (non-hydrogen) atoms. The van der Waals surface area contributed by atoms with Gasteiger partial charge in [-0.05, 0) is 89.9 Å². The summed E-state index contributed by atoms with van der Waals surface area (Å²) in [4.78, 5) is 24.7. The molecule has 6 nitrogen and oxygen atoms in total. The highest BCUT2D eigenvalue weighted by molar-refractivity contribution is 5.76. The van der Waals surface area contributed by atoms with Gasteiger partial charge in [-0.1, -0.05) is 396 Å². The third kappa shape index (κ3) is 74.9. The number of esters is 1. The van der Waals surface area contributed by atoms with Gasteiger partial charge >= 0.3 is 5.97 Å². The molecule has 0 radical (unpaired) electrons. The van der Waals surface area contributed by atoms with Gasteiger partial charge in [0.1, 0.15) is 0 Å². The van der Waals surface area contributed by atoms with Gasteiger partial charge in [0.15, 0.2) is 0 Å². The molecule has 0 bridgehead atoms. The summed E-state index contributed by atoms with van der Waals surface area (Å²) in [5, 5.41) is 23.3. The van der Waals surface area contributed by atoms with E-state index in [4.69, 9.17) is 4.74 Å². The van der Waals surface area contributed by atoms with Gasteiger partial charge in [0.05, 0.1) is 25.4 Å². The van der Waals surface area contributed by atoms with E-state index in [0.29, 0.717) is 19.4 Å². The second kappa shape index (κ2) is 79.3. The molecule has 0 aromatic heterocycles. The Bertz CT molecular complexity index is 1500. The maximum Gasteiger partial charge on any atom is 0.305 e. The van der Waals surface area contributed by atoms with E-state index in [0.717, 1.165) is 51.4 Å². The maximum atomic E-state index is 12.6. The fourth-order valence-electron chi connectivity index (χ4n) is 12.8. The van der Waals surface area contributed by atoms with E-state index in [1.807, 2.05) is 6.08 Å². The Hall–Kier alpha value is -2.18. The van der Waals surface area contributed by atoms with E-state index in [1.54, 1.807) is 6.08 Å². The van der Waals surface area contributed by atoms with Crippen molar-refractivity contribution in [2.75, 3.05) is 13.2 Å². The lowest BCUT2D eigenvalue weighted by molar-refractivity contribution is -0.143. The molecule has 3 N–H and O–H groups in total. The van der Waals surface area contributed by atoms with E-state index in [2.05, 4.69) is 55.6 Å². The molecule has 0 rings (SSSR count). The Morgan fingerprint density at radius 2 is 0.556 bits per heavy atom. The van der Waals surface area contributed by atoms with Crippen molar-refractivity contribution in [3.63, 3.8) is 0 Å². The van der Waals surface area contributed by atoms with Gasteiger partial charge in [-0.3, -0.25) is 9.59 Å². The lowest BCUT2D eigenvalue weighted by atomic mass is 10.0. The first-order chi connectivity index (χ1) is 44.5. The molecular weight excluding hydrogens is 1100 g/mol. The number of unbranched alkanes of at least 4 members (excludes halogenated alkanes) is 60. The summed E-state index contributed by atoms with van der Waals surface area (Å²) >= 11 is 0. The predicted octanol–water partition coefficient (Wildman–Crippen LogP) is 27.2. The summed E-state index contributed by atoms with van der Waals surface area (Å²) in [6.45, 7) is 4.92. The molecule has 1 amide bonds. The third-order valence-corrected chi connectivity index (χ3v) is 19.1. The van der Waals surface area contributed by atoms with Crippen LogP contribution in [-0.2, 0) is 14.3 Å². The van der Waals surface area contributed by atoms with Crippen molar-refractivity contribution in [1.82, 2.24) is 5.32 Å². The van der Waals surface area contributed by atoms with Crippen LogP contribution in [0.3, 0.4) is 0 Å². The molecule has 2 atom stereocenters. The molecule has 0 heterocycles. The summed E-state index contributed by atoms with van der Waals surface area (Å²) < 4.78 is 5.51. The van der Waals surface area contributed by atoms with Crippen LogP contribution in [0.25, 0.3) is 0 Å². The van der Waals surface area contributed by atoms with E-state index >= 15 is 0 Å². The van der Waals surface area contributed by atoms with E-state index < -0.39 is 12.1 Å². The fourth-order valence-corrected chi connectivity index (χ4v) is 12.8. The van der Waals surface area contributed by atoms with Crippen LogP contribution in [0.15, 0.2) is 48.6 Å². The van der Waals surface area contributed by atoms with Crippen molar-refractivity contribution in [2.24, 2.45) is 0 Å². The molecule has 0 aliphatic rings. The van der Waals surface area contributed by atoms with Crippen molar-refractivity contribution in [3.8, 4) is 0 Å². The van der Waals surface area contributed by atoms with E-state index in [9.17, 15) is 19.8 Å². The standard InChI is InChI=1S/C84H159NO5/c1-3-5-7-9-11-13-15-17-19-21-23-24-25-31-34-37-41-44-48-52-56-60-64-68-72-76-82(87)81(80-86)85-83(88)77-73-69-65-61-57-53-49-45-42-38-35-32-29-27-26-28-30-33-36-39-43-47-51-55-59-63-67-71-75-79-90-84(89)78-74-70-66-62-58-54-50-46-40-22-20-18-16-14-12-10-8-6-4-2/h12,14,18,20,26,28,72,76,81-82,86-87H,3-11,13,15-17,19,21-25,27,29-71,73-75,77-80H2,1-2H3,(H,85,88)/b14-12-,20-18-,28-26-,76-72+. The predicted molar refractivity (Wildman–Crippen MR) is 398 cm³/mol. The minimum absolute atomic E-state index is 0.0131. The first-order valence-electron chi connectivity index (χ1n) is 40.9. The molecule has 0 spiro atoms. The number of carbonyl (C=O) groups is 2. The second-order valence-electron chi connectivity index (χ2n) is 28.1. The SMILES string of the molecule is CCCCC/C=C\C/C=C\CCCCCCCCCCCC(=O)OCCCCCCCCCCCCCC/C=C\CCCCCCCCCCCCCCCC(=O)NC(CO)C(O)/C=C/CCCCCCCCCCCCCCCCCCCCCCCCC. The third-order valence-electron chi connectivity index (χ3n) is 19.1. The maximum absolute atomic E-state index is 12.6. The van der Waals surface area contributed by atoms with Crippen LogP contribution in [0, 0.1) is 0 Å². The normalized spacial score (nSPS) is 12.7. The summed E-state index contributed by atoms with van der Waals surface area (Å²) in [6, 6.07) is -0.630. The van der Waals surface area contributed by atoms with Gasteiger partial charge in [0.2, 0.25) is 5.91 Å². The van der Waals surface area contributed by atoms with Crippen LogP contribution in [0.1, 0.15) is 450 Å². The van der Waals surface area contributed by atoms with Crippen molar-refractivity contribution in [1.29, 1.82) is 0 Å². The highest BCUT2D eigenvalue weighted by Gasteiger charge is 2.18. The van der Waals surface area contributed by atoms with Crippen molar-refractivity contribution in [2.45, 2.75) is 463 Å². The molecule has 2 unspecified atom stereocenters. The minimum atomic E-state index is -0.846. The van der Waals surface area contributed by atoms with Crippen LogP contribution < -0.4 is 5.32 Å². The average Bonchev–Trinajstić information content (AvgIpc) is 3.69. The van der Waals surface area contributed by atoms with Gasteiger partial charge in [-0.25, -0.2) is 0 Å². The zero-order chi connectivity index (χ0) is 64.9. The minimum Gasteiger partial charge on any atom is -0.466 e. The van der Waals surface area contributed by atoms with Crippen LogP contribution in [0.5, 0.6) is 0 Å². The molecule has 0 saturated heterocycles. The summed E-state index contributed by atoms with van der Waals surface area (Å²) in [5.41, 5.74) is 0. The van der Waals surface area contributed by atoms with Crippen LogP contribution in [0.4, 0.5) is 0 Å². The molecule has 0 aliphatic heterocycles. The first kappa shape index (κ1) is 87.8. The molecule has 0 saturated carbocycles. The Labute approximate surface area is 563 Å². The lowest BCUT2D eigenvalue weighted by Gasteiger charge is -2.20. The van der Waals surface area contributed by atoms with Gasteiger partial charge in [0, 0.05) is 12.8 Å². The van der Waals surface area contributed by atoms with Crippen molar-refractivity contribution >= 4 is 11.9 Å². The summed E-state index contributed by atoms with van der Waals surface area (Å²) in [5.74, 6) is -0.0493. The van der Waals surface area contributed by atoms with Gasteiger partial charge in [-0.2, -0.15) is 0 Å². The largest absolute Gasteiger partial charge is 0.466 e. The number of allylic oxidation sites excluding steroid dienone is 7. The van der Waals surface area contributed by atoms with Gasteiger partial charge < -0.3 is 20.3 Å².